The largest absolute Gasteiger partial charge is 0.350 e. The van der Waals surface area contributed by atoms with Gasteiger partial charge in [-0.3, -0.25) is 14.2 Å². The zero-order chi connectivity index (χ0) is 18.6. The second-order valence-electron chi connectivity index (χ2n) is 7.50. The summed E-state index contributed by atoms with van der Waals surface area (Å²) in [6.45, 7) is 1.89. The van der Waals surface area contributed by atoms with Gasteiger partial charge >= 0.3 is 0 Å². The molecule has 4 heterocycles. The first-order valence-corrected chi connectivity index (χ1v) is 9.38. The number of H-pyrrole nitrogens is 1. The van der Waals surface area contributed by atoms with E-state index in [1.807, 2.05) is 25.3 Å². The van der Waals surface area contributed by atoms with E-state index in [0.717, 1.165) is 54.4 Å². The fourth-order valence-corrected chi connectivity index (χ4v) is 4.55. The van der Waals surface area contributed by atoms with E-state index in [9.17, 15) is 9.59 Å². The van der Waals surface area contributed by atoms with Gasteiger partial charge in [-0.1, -0.05) is 6.42 Å². The zero-order valence-electron chi connectivity index (χ0n) is 15.1. The molecule has 1 spiro atoms. The highest BCUT2D eigenvalue weighted by atomic mass is 16.2. The van der Waals surface area contributed by atoms with E-state index in [1.165, 1.54) is 0 Å². The molecule has 5 rings (SSSR count). The van der Waals surface area contributed by atoms with E-state index in [2.05, 4.69) is 20.6 Å². The molecule has 1 aliphatic heterocycles. The summed E-state index contributed by atoms with van der Waals surface area (Å²) in [7, 11) is 0. The third kappa shape index (κ3) is 2.31. The Kier molecular flexibility index (Phi) is 3.40. The van der Waals surface area contributed by atoms with Crippen molar-refractivity contribution in [1.82, 2.24) is 19.9 Å². The van der Waals surface area contributed by atoms with Crippen molar-refractivity contribution in [3.05, 3.63) is 52.2 Å². The Morgan fingerprint density at radius 2 is 1.96 bits per heavy atom. The maximum absolute atomic E-state index is 13.4. The average molecular weight is 363 g/mol. The minimum Gasteiger partial charge on any atom is -0.350 e. The number of aryl methyl sites for hydroxylation is 1. The predicted octanol–water partition coefficient (Wildman–Crippen LogP) is 3.14. The molecule has 1 saturated carbocycles. The molecule has 3 N–H and O–H groups in total. The zero-order valence-corrected chi connectivity index (χ0v) is 15.1. The number of hydrogen-bond donors (Lipinski definition) is 3. The van der Waals surface area contributed by atoms with Crippen molar-refractivity contribution in [2.24, 2.45) is 0 Å². The van der Waals surface area contributed by atoms with Crippen molar-refractivity contribution >= 4 is 28.3 Å². The molecule has 138 valence electrons. The number of carbonyl (C=O) groups is 1. The van der Waals surface area contributed by atoms with Crippen LogP contribution < -0.4 is 16.2 Å². The van der Waals surface area contributed by atoms with Crippen LogP contribution in [0.25, 0.3) is 11.0 Å². The van der Waals surface area contributed by atoms with Gasteiger partial charge in [0.05, 0.1) is 5.69 Å². The lowest BCUT2D eigenvalue weighted by atomic mass is 9.89. The van der Waals surface area contributed by atoms with Crippen molar-refractivity contribution < 1.29 is 4.79 Å². The molecule has 1 aliphatic carbocycles. The quantitative estimate of drug-likeness (QED) is 0.652. The Morgan fingerprint density at radius 1 is 1.15 bits per heavy atom. The summed E-state index contributed by atoms with van der Waals surface area (Å²) >= 11 is 0. The topological polar surface area (TPSA) is 91.8 Å². The fourth-order valence-electron chi connectivity index (χ4n) is 4.55. The lowest BCUT2D eigenvalue weighted by molar-refractivity contribution is 0.0876. The summed E-state index contributed by atoms with van der Waals surface area (Å²) in [5.41, 5.74) is 2.62. The Morgan fingerprint density at radius 3 is 2.78 bits per heavy atom. The number of hydrogen-bond acceptors (Lipinski definition) is 4. The van der Waals surface area contributed by atoms with Crippen LogP contribution in [0, 0.1) is 6.92 Å². The van der Waals surface area contributed by atoms with Gasteiger partial charge in [-0.2, -0.15) is 0 Å². The molecule has 0 radical (unpaired) electrons. The van der Waals surface area contributed by atoms with Gasteiger partial charge in [0.2, 0.25) is 0 Å². The molecule has 7 heteroatoms. The van der Waals surface area contributed by atoms with Crippen LogP contribution in [0.4, 0.5) is 11.4 Å². The number of anilines is 2. The van der Waals surface area contributed by atoms with E-state index in [1.54, 1.807) is 16.8 Å². The van der Waals surface area contributed by atoms with Gasteiger partial charge in [0.25, 0.3) is 11.5 Å². The lowest BCUT2D eigenvalue weighted by Crippen LogP contribution is -2.48. The van der Waals surface area contributed by atoms with Crippen molar-refractivity contribution in [1.29, 1.82) is 0 Å². The summed E-state index contributed by atoms with van der Waals surface area (Å²) in [5, 5.41) is 7.31. The van der Waals surface area contributed by atoms with Crippen molar-refractivity contribution in [3.63, 3.8) is 0 Å². The van der Waals surface area contributed by atoms with Gasteiger partial charge in [-0.25, -0.2) is 4.98 Å². The minimum atomic E-state index is -0.578. The third-order valence-electron chi connectivity index (χ3n) is 5.79. The third-order valence-corrected chi connectivity index (χ3v) is 5.79. The van der Waals surface area contributed by atoms with E-state index >= 15 is 0 Å². The summed E-state index contributed by atoms with van der Waals surface area (Å²) in [6, 6.07) is 5.55. The first kappa shape index (κ1) is 16.1. The van der Waals surface area contributed by atoms with E-state index in [0.29, 0.717) is 11.4 Å². The second kappa shape index (κ2) is 5.70. The number of nitrogens with one attached hydrogen (secondary N) is 3. The van der Waals surface area contributed by atoms with E-state index in [4.69, 9.17) is 0 Å². The SMILES string of the molecule is Cc1cc(Nc2ccnc3[nH]ccc23)c(=O)n2c1C(=O)NC21CCCCC1. The van der Waals surface area contributed by atoms with E-state index in [-0.39, 0.29) is 11.5 Å². The molecule has 0 atom stereocenters. The van der Waals surface area contributed by atoms with Crippen LogP contribution in [0.15, 0.2) is 35.4 Å². The molecule has 0 aromatic carbocycles. The van der Waals surface area contributed by atoms with Crippen LogP contribution in [0.5, 0.6) is 0 Å². The molecule has 0 bridgehead atoms. The van der Waals surface area contributed by atoms with Crippen molar-refractivity contribution in [2.75, 3.05) is 5.32 Å². The number of carbonyl (C=O) groups excluding carboxylic acids is 1. The molecular weight excluding hydrogens is 342 g/mol. The van der Waals surface area contributed by atoms with Gasteiger partial charge in [-0.15, -0.1) is 0 Å². The molecule has 1 fully saturated rings. The molecule has 0 unspecified atom stereocenters. The first-order chi connectivity index (χ1) is 13.1. The van der Waals surface area contributed by atoms with Crippen LogP contribution >= 0.6 is 0 Å². The number of nitrogens with zero attached hydrogens (tertiary/aromatic N) is 2. The van der Waals surface area contributed by atoms with Crippen molar-refractivity contribution in [3.8, 4) is 0 Å². The van der Waals surface area contributed by atoms with Gasteiger partial charge in [0.1, 0.15) is 22.7 Å². The van der Waals surface area contributed by atoms with Crippen molar-refractivity contribution in [2.45, 2.75) is 44.7 Å². The molecular formula is C20H21N5O2. The summed E-state index contributed by atoms with van der Waals surface area (Å²) in [5.74, 6) is -0.144. The standard InChI is InChI=1S/C20H21N5O2/c1-12-11-15(23-14-6-10-22-17-13(14)5-9-21-17)19(27)25-16(12)18(26)24-20(25)7-3-2-4-8-20/h5-6,9-11H,2-4,7-8H2,1H3,(H,24,26)(H2,21,22,23). The monoisotopic (exact) mass is 363 g/mol. The normalized spacial score (nSPS) is 17.9. The number of pyridine rings is 2. The predicted molar refractivity (Wildman–Crippen MR) is 103 cm³/mol. The highest BCUT2D eigenvalue weighted by molar-refractivity contribution is 5.97. The lowest BCUT2D eigenvalue weighted by Gasteiger charge is -2.35. The maximum atomic E-state index is 13.4. The Hall–Kier alpha value is -3.09. The molecule has 27 heavy (non-hydrogen) atoms. The van der Waals surface area contributed by atoms with Crippen LogP contribution in [0.2, 0.25) is 0 Å². The van der Waals surface area contributed by atoms with Crippen LogP contribution in [-0.4, -0.2) is 20.4 Å². The van der Waals surface area contributed by atoms with E-state index < -0.39 is 5.66 Å². The maximum Gasteiger partial charge on any atom is 0.276 e. The van der Waals surface area contributed by atoms with Gasteiger partial charge in [-0.05, 0) is 56.4 Å². The first-order valence-electron chi connectivity index (χ1n) is 9.38. The molecule has 2 aliphatic rings. The highest BCUT2D eigenvalue weighted by Gasteiger charge is 2.45. The van der Waals surface area contributed by atoms with Gasteiger partial charge < -0.3 is 15.6 Å². The average Bonchev–Trinajstić information content (AvgIpc) is 3.24. The fraction of sp³-hybridized carbons (Fsp3) is 0.350. The molecule has 0 saturated heterocycles. The van der Waals surface area contributed by atoms with Crippen LogP contribution in [-0.2, 0) is 5.66 Å². The number of amides is 1. The summed E-state index contributed by atoms with van der Waals surface area (Å²) in [6.07, 6.45) is 8.28. The summed E-state index contributed by atoms with van der Waals surface area (Å²) in [4.78, 5) is 33.4. The minimum absolute atomic E-state index is 0.144. The Balaban J connectivity index is 1.67. The van der Waals surface area contributed by atoms with Gasteiger partial charge in [0, 0.05) is 17.8 Å². The van der Waals surface area contributed by atoms with Crippen LogP contribution in [0.1, 0.15) is 48.2 Å². The number of aromatic nitrogens is 3. The number of rotatable bonds is 2. The Bertz CT molecular complexity index is 1120. The highest BCUT2D eigenvalue weighted by Crippen LogP contribution is 2.37. The van der Waals surface area contributed by atoms with Crippen LogP contribution in [0.3, 0.4) is 0 Å². The Labute approximate surface area is 155 Å². The molecule has 3 aromatic heterocycles. The summed E-state index contributed by atoms with van der Waals surface area (Å²) < 4.78 is 1.71. The molecule has 7 nitrogen and oxygen atoms in total. The number of fused-ring (bicyclic) bond motifs is 3. The molecule has 1 amide bonds. The molecule has 3 aromatic rings. The smallest absolute Gasteiger partial charge is 0.276 e. The van der Waals surface area contributed by atoms with Gasteiger partial charge in [0.15, 0.2) is 0 Å². The second-order valence-corrected chi connectivity index (χ2v) is 7.50. The number of aromatic amines is 1.